The van der Waals surface area contributed by atoms with Crippen LogP contribution in [0.15, 0.2) is 35.2 Å². The Labute approximate surface area is 95.3 Å². The molecule has 1 saturated carbocycles. The van der Waals surface area contributed by atoms with Crippen LogP contribution in [-0.4, -0.2) is 32.9 Å². The molecule has 5 heteroatoms. The molecule has 0 spiro atoms. The highest BCUT2D eigenvalue weighted by atomic mass is 32.2. The minimum absolute atomic E-state index is 0.281. The van der Waals surface area contributed by atoms with Gasteiger partial charge in [-0.25, -0.2) is 8.42 Å². The number of ether oxygens (including phenoxy) is 1. The lowest BCUT2D eigenvalue weighted by Crippen LogP contribution is -2.35. The summed E-state index contributed by atoms with van der Waals surface area (Å²) in [5.41, 5.74) is 5.22. The molecule has 2 rings (SSSR count). The molecular weight excluding hydrogens is 226 g/mol. The van der Waals surface area contributed by atoms with Crippen LogP contribution >= 0.6 is 0 Å². The number of rotatable bonds is 4. The number of hydrogen-bond acceptors (Lipinski definition) is 4. The Kier molecular flexibility index (Phi) is 2.77. The molecule has 1 aliphatic carbocycles. The number of sulfone groups is 1. The molecule has 1 fully saturated rings. The topological polar surface area (TPSA) is 69.4 Å². The van der Waals surface area contributed by atoms with E-state index < -0.39 is 20.6 Å². The van der Waals surface area contributed by atoms with Crippen molar-refractivity contribution >= 4 is 9.84 Å². The Morgan fingerprint density at radius 1 is 1.44 bits per heavy atom. The molecule has 1 aliphatic rings. The Balaban J connectivity index is 2.24. The van der Waals surface area contributed by atoms with Gasteiger partial charge in [-0.05, 0) is 18.6 Å². The Morgan fingerprint density at radius 2 is 2.06 bits per heavy atom. The molecular formula is C11H15NO3S. The van der Waals surface area contributed by atoms with Gasteiger partial charge in [-0.15, -0.1) is 0 Å². The van der Waals surface area contributed by atoms with Gasteiger partial charge in [0.25, 0.3) is 0 Å². The zero-order valence-electron chi connectivity index (χ0n) is 9.09. The van der Waals surface area contributed by atoms with Crippen molar-refractivity contribution in [2.75, 3.05) is 13.7 Å². The molecule has 0 unspecified atom stereocenters. The van der Waals surface area contributed by atoms with Gasteiger partial charge < -0.3 is 10.5 Å². The molecule has 1 aromatic rings. The number of benzene rings is 1. The molecule has 2 N–H and O–H groups in total. The molecule has 0 bridgehead atoms. The van der Waals surface area contributed by atoms with Gasteiger partial charge in [0.15, 0.2) is 9.84 Å². The largest absolute Gasteiger partial charge is 0.383 e. The van der Waals surface area contributed by atoms with Crippen molar-refractivity contribution < 1.29 is 13.2 Å². The van der Waals surface area contributed by atoms with Crippen LogP contribution in [0.2, 0.25) is 0 Å². The van der Waals surface area contributed by atoms with Crippen molar-refractivity contribution in [3.8, 4) is 0 Å². The maximum atomic E-state index is 12.1. The van der Waals surface area contributed by atoms with E-state index in [2.05, 4.69) is 0 Å². The molecule has 4 nitrogen and oxygen atoms in total. The first-order chi connectivity index (χ1) is 7.50. The van der Waals surface area contributed by atoms with E-state index in [0.717, 1.165) is 0 Å². The second-order valence-corrected chi connectivity index (χ2v) is 6.35. The second-order valence-electron chi connectivity index (χ2n) is 4.22. The fraction of sp³-hybridized carbons (Fsp3) is 0.455. The van der Waals surface area contributed by atoms with Crippen LogP contribution in [0.5, 0.6) is 0 Å². The first-order valence-corrected chi connectivity index (χ1v) is 6.62. The van der Waals surface area contributed by atoms with Crippen LogP contribution in [-0.2, 0) is 14.6 Å². The van der Waals surface area contributed by atoms with E-state index >= 15 is 0 Å². The number of nitrogens with two attached hydrogens (primary N) is 1. The zero-order valence-corrected chi connectivity index (χ0v) is 9.91. The van der Waals surface area contributed by atoms with Gasteiger partial charge in [0.05, 0.1) is 22.3 Å². The molecule has 1 aromatic carbocycles. The minimum Gasteiger partial charge on any atom is -0.383 e. The molecule has 2 atom stereocenters. The molecule has 0 aromatic heterocycles. The summed E-state index contributed by atoms with van der Waals surface area (Å²) in [5.74, 6) is 0. The summed E-state index contributed by atoms with van der Waals surface area (Å²) >= 11 is 0. The monoisotopic (exact) mass is 241 g/mol. The summed E-state index contributed by atoms with van der Waals surface area (Å²) in [7, 11) is -1.77. The Bertz CT molecular complexity index is 471. The summed E-state index contributed by atoms with van der Waals surface area (Å²) in [4.78, 5) is 0.337. The maximum absolute atomic E-state index is 12.1. The molecule has 16 heavy (non-hydrogen) atoms. The molecule has 0 aliphatic heterocycles. The van der Waals surface area contributed by atoms with Crippen LogP contribution in [0.25, 0.3) is 0 Å². The Morgan fingerprint density at radius 3 is 2.62 bits per heavy atom. The van der Waals surface area contributed by atoms with Crippen LogP contribution in [0.4, 0.5) is 0 Å². The minimum atomic E-state index is -3.30. The highest BCUT2D eigenvalue weighted by molar-refractivity contribution is 7.92. The highest BCUT2D eigenvalue weighted by Crippen LogP contribution is 2.42. The van der Waals surface area contributed by atoms with Gasteiger partial charge in [0.2, 0.25) is 0 Å². The quantitative estimate of drug-likeness (QED) is 0.837. The average Bonchev–Trinajstić information content (AvgIpc) is 2.93. The van der Waals surface area contributed by atoms with Crippen LogP contribution in [0.1, 0.15) is 6.42 Å². The predicted octanol–water partition coefficient (Wildman–Crippen LogP) is 0.577. The first kappa shape index (κ1) is 11.6. The molecule has 0 heterocycles. The second kappa shape index (κ2) is 3.84. The maximum Gasteiger partial charge on any atom is 0.183 e. The fourth-order valence-corrected chi connectivity index (χ4v) is 3.98. The van der Waals surface area contributed by atoms with Gasteiger partial charge in [0.1, 0.15) is 0 Å². The van der Waals surface area contributed by atoms with Crippen molar-refractivity contribution in [3.63, 3.8) is 0 Å². The van der Waals surface area contributed by atoms with Gasteiger partial charge in [-0.1, -0.05) is 18.2 Å². The third-order valence-corrected chi connectivity index (χ3v) is 5.22. The Hall–Kier alpha value is -0.910. The lowest BCUT2D eigenvalue weighted by atomic mass is 10.3. The summed E-state index contributed by atoms with van der Waals surface area (Å²) < 4.78 is 29.2. The predicted molar refractivity (Wildman–Crippen MR) is 60.8 cm³/mol. The van der Waals surface area contributed by atoms with Crippen molar-refractivity contribution in [2.45, 2.75) is 22.1 Å². The smallest absolute Gasteiger partial charge is 0.183 e. The third kappa shape index (κ3) is 1.86. The van der Waals surface area contributed by atoms with Crippen molar-refractivity contribution in [3.05, 3.63) is 30.3 Å². The van der Waals surface area contributed by atoms with E-state index in [1.807, 2.05) is 0 Å². The van der Waals surface area contributed by atoms with E-state index in [-0.39, 0.29) is 6.61 Å². The molecule has 0 radical (unpaired) electrons. The van der Waals surface area contributed by atoms with Crippen LogP contribution in [0, 0.1) is 0 Å². The van der Waals surface area contributed by atoms with Gasteiger partial charge in [-0.3, -0.25) is 0 Å². The van der Waals surface area contributed by atoms with Gasteiger partial charge in [-0.2, -0.15) is 0 Å². The van der Waals surface area contributed by atoms with E-state index in [1.54, 1.807) is 30.3 Å². The lowest BCUT2D eigenvalue weighted by molar-refractivity contribution is 0.173. The van der Waals surface area contributed by atoms with E-state index in [9.17, 15) is 8.42 Å². The summed E-state index contributed by atoms with van der Waals surface area (Å²) in [6, 6.07) is 8.41. The van der Waals surface area contributed by atoms with Crippen LogP contribution < -0.4 is 5.73 Å². The standard InChI is InChI=1S/C11H15NO3S/c1-15-8-11(12)7-10(11)16(13,14)9-5-3-2-4-6-9/h2-6,10H,7-8,12H2,1H3/t10-,11+/m0/s1. The highest BCUT2D eigenvalue weighted by Gasteiger charge is 2.59. The first-order valence-electron chi connectivity index (χ1n) is 5.07. The van der Waals surface area contributed by atoms with Crippen molar-refractivity contribution in [2.24, 2.45) is 5.73 Å². The summed E-state index contributed by atoms with van der Waals surface area (Å²) in [6.45, 7) is 0.281. The lowest BCUT2D eigenvalue weighted by Gasteiger charge is -2.10. The third-order valence-electron chi connectivity index (χ3n) is 2.91. The zero-order chi connectivity index (χ0) is 11.8. The molecule has 88 valence electrons. The normalized spacial score (nSPS) is 29.0. The van der Waals surface area contributed by atoms with Crippen LogP contribution in [0.3, 0.4) is 0 Å². The summed E-state index contributed by atoms with van der Waals surface area (Å²) in [6.07, 6.45) is 0.470. The molecule has 0 saturated heterocycles. The van der Waals surface area contributed by atoms with E-state index in [0.29, 0.717) is 11.3 Å². The SMILES string of the molecule is COC[C@]1(N)C[C@@H]1S(=O)(=O)c1ccccc1. The van der Waals surface area contributed by atoms with E-state index in [4.69, 9.17) is 10.5 Å². The van der Waals surface area contributed by atoms with Gasteiger partial charge in [0, 0.05) is 7.11 Å². The average molecular weight is 241 g/mol. The van der Waals surface area contributed by atoms with Gasteiger partial charge >= 0.3 is 0 Å². The van der Waals surface area contributed by atoms with Crippen molar-refractivity contribution in [1.82, 2.24) is 0 Å². The number of methoxy groups -OCH3 is 1. The number of hydrogen-bond donors (Lipinski definition) is 1. The summed E-state index contributed by atoms with van der Waals surface area (Å²) in [5, 5.41) is -0.512. The van der Waals surface area contributed by atoms with Crippen molar-refractivity contribution in [1.29, 1.82) is 0 Å². The molecule has 0 amide bonds. The van der Waals surface area contributed by atoms with E-state index in [1.165, 1.54) is 7.11 Å². The fourth-order valence-electron chi connectivity index (χ4n) is 1.90.